The number of nitrogens with zero attached hydrogens (tertiary/aromatic N) is 5. The van der Waals surface area contributed by atoms with E-state index >= 15 is 0 Å². The molecule has 1 saturated heterocycles. The van der Waals surface area contributed by atoms with Crippen LogP contribution < -0.4 is 0 Å². The summed E-state index contributed by atoms with van der Waals surface area (Å²) >= 11 is 0. The number of alkyl halides is 3. The first-order valence-electron chi connectivity index (χ1n) is 11.3. The molecule has 1 spiro atoms. The first-order valence-corrected chi connectivity index (χ1v) is 11.3. The molecule has 4 rings (SSSR count). The van der Waals surface area contributed by atoms with Gasteiger partial charge in [0, 0.05) is 31.6 Å². The van der Waals surface area contributed by atoms with Crippen molar-refractivity contribution in [3.63, 3.8) is 0 Å². The normalized spacial score (nSPS) is 17.7. The van der Waals surface area contributed by atoms with Crippen LogP contribution >= 0.6 is 0 Å². The molecule has 1 aromatic carbocycles. The molecule has 192 valence electrons. The predicted molar refractivity (Wildman–Crippen MR) is 119 cm³/mol. The number of carboxylic acids is 1. The monoisotopic (exact) mass is 499 g/mol. The van der Waals surface area contributed by atoms with Crippen molar-refractivity contribution in [1.29, 1.82) is 0 Å². The van der Waals surface area contributed by atoms with E-state index < -0.39 is 12.1 Å². The smallest absolute Gasteiger partial charge is 0.475 e. The number of hydrogen-bond donors (Lipinski definition) is 1. The van der Waals surface area contributed by atoms with E-state index in [9.17, 15) is 22.4 Å². The van der Waals surface area contributed by atoms with Gasteiger partial charge in [-0.05, 0) is 50.1 Å². The number of amides is 1. The number of halogens is 4. The van der Waals surface area contributed by atoms with E-state index in [4.69, 9.17) is 9.90 Å². The molecule has 0 aliphatic carbocycles. The Labute approximate surface area is 200 Å². The highest BCUT2D eigenvalue weighted by Gasteiger charge is 2.44. The van der Waals surface area contributed by atoms with E-state index in [1.54, 1.807) is 12.1 Å². The van der Waals surface area contributed by atoms with Crippen LogP contribution in [0.1, 0.15) is 38.9 Å². The number of hydrogen-bond acceptors (Lipinski definition) is 5. The second-order valence-electron chi connectivity index (χ2n) is 9.46. The van der Waals surface area contributed by atoms with Crippen LogP contribution in [0.5, 0.6) is 0 Å². The summed E-state index contributed by atoms with van der Waals surface area (Å²) in [7, 11) is 2.10. The third-order valence-corrected chi connectivity index (χ3v) is 6.15. The van der Waals surface area contributed by atoms with Crippen LogP contribution in [-0.2, 0) is 21.7 Å². The zero-order valence-corrected chi connectivity index (χ0v) is 19.8. The molecule has 1 amide bonds. The van der Waals surface area contributed by atoms with Gasteiger partial charge in [0.1, 0.15) is 11.6 Å². The average molecular weight is 500 g/mol. The number of aromatic nitrogens is 3. The Morgan fingerprint density at radius 3 is 2.20 bits per heavy atom. The SMILES string of the molecule is CC(C)CC(=O)N1CCC2(CC1)CN(C)Cc1nnc(-c3ccc(F)cc3)n12.O=C(O)C(F)(F)F. The van der Waals surface area contributed by atoms with E-state index in [1.165, 1.54) is 12.1 Å². The van der Waals surface area contributed by atoms with Crippen molar-refractivity contribution < 1.29 is 32.3 Å². The molecule has 8 nitrogen and oxygen atoms in total. The molecule has 3 heterocycles. The minimum atomic E-state index is -5.08. The number of carbonyl (C=O) groups excluding carboxylic acids is 1. The van der Waals surface area contributed by atoms with Crippen LogP contribution in [0.15, 0.2) is 24.3 Å². The fraction of sp³-hybridized carbons (Fsp3) is 0.565. The summed E-state index contributed by atoms with van der Waals surface area (Å²) < 4.78 is 47.4. The predicted octanol–water partition coefficient (Wildman–Crippen LogP) is 3.53. The lowest BCUT2D eigenvalue weighted by atomic mass is 9.84. The third-order valence-electron chi connectivity index (χ3n) is 6.15. The van der Waals surface area contributed by atoms with Crippen LogP contribution in [0, 0.1) is 11.7 Å². The summed E-state index contributed by atoms with van der Waals surface area (Å²) in [6.07, 6.45) is -2.73. The summed E-state index contributed by atoms with van der Waals surface area (Å²) in [6.45, 7) is 7.31. The molecule has 0 unspecified atom stereocenters. The van der Waals surface area contributed by atoms with E-state index in [1.807, 2.05) is 4.90 Å². The largest absolute Gasteiger partial charge is 0.490 e. The van der Waals surface area contributed by atoms with Crippen LogP contribution in [-0.4, -0.2) is 74.4 Å². The van der Waals surface area contributed by atoms with Gasteiger partial charge in [-0.15, -0.1) is 10.2 Å². The summed E-state index contributed by atoms with van der Waals surface area (Å²) in [5.41, 5.74) is 0.742. The van der Waals surface area contributed by atoms with E-state index in [0.29, 0.717) is 12.3 Å². The Hall–Kier alpha value is -3.02. The van der Waals surface area contributed by atoms with Gasteiger partial charge in [0.2, 0.25) is 5.91 Å². The van der Waals surface area contributed by atoms with Crippen LogP contribution in [0.2, 0.25) is 0 Å². The number of likely N-dealkylation sites (tertiary alicyclic amines) is 1. The second-order valence-corrected chi connectivity index (χ2v) is 9.46. The number of carbonyl (C=O) groups is 2. The van der Waals surface area contributed by atoms with Gasteiger partial charge >= 0.3 is 12.1 Å². The lowest BCUT2D eigenvalue weighted by Gasteiger charge is -2.48. The number of piperidine rings is 1. The Balaban J connectivity index is 0.000000429. The fourth-order valence-corrected chi connectivity index (χ4v) is 4.61. The first-order chi connectivity index (χ1) is 16.3. The van der Waals surface area contributed by atoms with Gasteiger partial charge in [0.05, 0.1) is 12.1 Å². The minimum Gasteiger partial charge on any atom is -0.475 e. The number of rotatable bonds is 3. The number of benzene rings is 1. The number of aliphatic carboxylic acids is 1. The summed E-state index contributed by atoms with van der Waals surface area (Å²) in [6, 6.07) is 6.46. The molecule has 2 aromatic rings. The molecule has 1 fully saturated rings. The topological polar surface area (TPSA) is 91.6 Å². The van der Waals surface area contributed by atoms with Gasteiger partial charge in [-0.25, -0.2) is 9.18 Å². The Bertz CT molecular complexity index is 1040. The van der Waals surface area contributed by atoms with E-state index in [-0.39, 0.29) is 17.3 Å². The zero-order chi connectivity index (χ0) is 26.0. The van der Waals surface area contributed by atoms with E-state index in [0.717, 1.165) is 56.2 Å². The van der Waals surface area contributed by atoms with Crippen molar-refractivity contribution in [1.82, 2.24) is 24.6 Å². The molecule has 1 aromatic heterocycles. The minimum absolute atomic E-state index is 0.135. The molecule has 1 N–H and O–H groups in total. The highest BCUT2D eigenvalue weighted by atomic mass is 19.4. The summed E-state index contributed by atoms with van der Waals surface area (Å²) in [5.74, 6) is -0.656. The van der Waals surface area contributed by atoms with Crippen LogP contribution in [0.4, 0.5) is 17.6 Å². The molecule has 2 aliphatic rings. The average Bonchev–Trinajstić information content (AvgIpc) is 3.18. The van der Waals surface area contributed by atoms with Gasteiger partial charge in [-0.2, -0.15) is 13.2 Å². The van der Waals surface area contributed by atoms with Crippen molar-refractivity contribution in [3.8, 4) is 11.4 Å². The van der Waals surface area contributed by atoms with Crippen molar-refractivity contribution in [2.24, 2.45) is 5.92 Å². The van der Waals surface area contributed by atoms with Crippen molar-refractivity contribution in [2.75, 3.05) is 26.7 Å². The zero-order valence-electron chi connectivity index (χ0n) is 19.8. The third kappa shape index (κ3) is 6.16. The molecule has 12 heteroatoms. The van der Waals surface area contributed by atoms with Gasteiger partial charge in [0.25, 0.3) is 0 Å². The van der Waals surface area contributed by atoms with Crippen LogP contribution in [0.25, 0.3) is 11.4 Å². The van der Waals surface area contributed by atoms with Crippen LogP contribution in [0.3, 0.4) is 0 Å². The first kappa shape index (κ1) is 26.6. The molecular formula is C23H29F4N5O3. The van der Waals surface area contributed by atoms with E-state index in [2.05, 4.69) is 40.6 Å². The Morgan fingerprint density at radius 1 is 1.11 bits per heavy atom. The Kier molecular flexibility index (Phi) is 7.83. The van der Waals surface area contributed by atoms with Gasteiger partial charge in [-0.3, -0.25) is 9.69 Å². The maximum atomic E-state index is 13.4. The molecule has 0 bridgehead atoms. The van der Waals surface area contributed by atoms with Crippen molar-refractivity contribution in [2.45, 2.75) is 51.4 Å². The molecule has 0 saturated carbocycles. The molecular weight excluding hydrogens is 470 g/mol. The molecule has 2 aliphatic heterocycles. The number of likely N-dealkylation sites (N-methyl/N-ethyl adjacent to an activating group) is 1. The number of fused-ring (bicyclic) bond motifs is 2. The van der Waals surface area contributed by atoms with Gasteiger partial charge < -0.3 is 14.6 Å². The van der Waals surface area contributed by atoms with Crippen molar-refractivity contribution >= 4 is 11.9 Å². The van der Waals surface area contributed by atoms with Gasteiger partial charge in [-0.1, -0.05) is 13.8 Å². The highest BCUT2D eigenvalue weighted by Crippen LogP contribution is 2.39. The molecule has 0 atom stereocenters. The summed E-state index contributed by atoms with van der Waals surface area (Å²) in [5, 5.41) is 16.0. The highest BCUT2D eigenvalue weighted by molar-refractivity contribution is 5.76. The van der Waals surface area contributed by atoms with Crippen molar-refractivity contribution in [3.05, 3.63) is 35.9 Å². The number of carboxylic acid groups (broad SMARTS) is 1. The maximum Gasteiger partial charge on any atom is 0.490 e. The molecule has 35 heavy (non-hydrogen) atoms. The second kappa shape index (κ2) is 10.3. The lowest BCUT2D eigenvalue weighted by Crippen LogP contribution is -2.56. The molecule has 0 radical (unpaired) electrons. The standard InChI is InChI=1S/C21H28FN5O.C2HF3O2/c1-15(2)12-19(28)26-10-8-21(9-11-26)14-25(3)13-18-23-24-20(27(18)21)16-4-6-17(22)7-5-16;3-2(4,5)1(6)7/h4-7,15H,8-14H2,1-3H3;(H,6,7). The lowest BCUT2D eigenvalue weighted by molar-refractivity contribution is -0.192. The maximum absolute atomic E-state index is 13.4. The fourth-order valence-electron chi connectivity index (χ4n) is 4.61. The Morgan fingerprint density at radius 2 is 1.69 bits per heavy atom. The quantitative estimate of drug-likeness (QED) is 0.650. The summed E-state index contributed by atoms with van der Waals surface area (Å²) in [4.78, 5) is 25.7. The van der Waals surface area contributed by atoms with Gasteiger partial charge in [0.15, 0.2) is 5.82 Å².